The van der Waals surface area contributed by atoms with Crippen molar-refractivity contribution in [3.63, 3.8) is 0 Å². The van der Waals surface area contributed by atoms with Crippen molar-refractivity contribution in [2.24, 2.45) is 0 Å². The molecular formula is C11H13N3O. The molecule has 4 heteroatoms. The van der Waals surface area contributed by atoms with Gasteiger partial charge in [0, 0.05) is 0 Å². The fourth-order valence-electron chi connectivity index (χ4n) is 1.40. The van der Waals surface area contributed by atoms with Crippen LogP contribution < -0.4 is 0 Å². The number of rotatable bonds is 3. The summed E-state index contributed by atoms with van der Waals surface area (Å²) in [6, 6.07) is 6.88. The summed E-state index contributed by atoms with van der Waals surface area (Å²) in [7, 11) is 0. The topological polar surface area (TPSA) is 50.9 Å². The number of aromatic hydroxyl groups is 1. The highest BCUT2D eigenvalue weighted by molar-refractivity contribution is 5.35. The Bertz CT molecular complexity index is 433. The molecule has 0 saturated heterocycles. The van der Waals surface area contributed by atoms with Gasteiger partial charge in [0.15, 0.2) is 0 Å². The molecule has 0 amide bonds. The van der Waals surface area contributed by atoms with E-state index in [0.29, 0.717) is 0 Å². The molecule has 0 atom stereocenters. The van der Waals surface area contributed by atoms with Gasteiger partial charge in [0.25, 0.3) is 0 Å². The van der Waals surface area contributed by atoms with E-state index in [2.05, 4.69) is 17.2 Å². The van der Waals surface area contributed by atoms with Crippen molar-refractivity contribution in [2.45, 2.75) is 19.8 Å². The fraction of sp³-hybridized carbons (Fsp3) is 0.273. The number of benzene rings is 1. The van der Waals surface area contributed by atoms with E-state index in [4.69, 9.17) is 5.11 Å². The van der Waals surface area contributed by atoms with Gasteiger partial charge in [-0.2, -0.15) is 0 Å². The van der Waals surface area contributed by atoms with Crippen LogP contribution >= 0.6 is 0 Å². The zero-order valence-electron chi connectivity index (χ0n) is 8.59. The number of hydrogen-bond acceptors (Lipinski definition) is 3. The van der Waals surface area contributed by atoms with Crippen molar-refractivity contribution in [2.75, 3.05) is 0 Å². The molecular weight excluding hydrogens is 190 g/mol. The predicted octanol–water partition coefficient (Wildman–Crippen LogP) is 1.93. The number of aryl methyl sites for hydroxylation is 1. The molecule has 0 fully saturated rings. The van der Waals surface area contributed by atoms with Gasteiger partial charge in [0.05, 0.1) is 17.6 Å². The van der Waals surface area contributed by atoms with Gasteiger partial charge < -0.3 is 5.11 Å². The molecule has 0 saturated carbocycles. The average Bonchev–Trinajstić information content (AvgIpc) is 2.68. The smallest absolute Gasteiger partial charge is 0.115 e. The molecule has 1 N–H and O–H groups in total. The summed E-state index contributed by atoms with van der Waals surface area (Å²) in [5.74, 6) is 0.257. The molecule has 0 radical (unpaired) electrons. The first kappa shape index (κ1) is 9.71. The van der Waals surface area contributed by atoms with Crippen molar-refractivity contribution in [3.8, 4) is 11.4 Å². The van der Waals surface area contributed by atoms with Crippen LogP contribution in [-0.4, -0.2) is 20.1 Å². The van der Waals surface area contributed by atoms with Crippen molar-refractivity contribution in [1.82, 2.24) is 15.0 Å². The number of phenols is 1. The second kappa shape index (κ2) is 4.13. The lowest BCUT2D eigenvalue weighted by Gasteiger charge is -1.98. The van der Waals surface area contributed by atoms with Gasteiger partial charge in [-0.1, -0.05) is 18.6 Å². The highest BCUT2D eigenvalue weighted by atomic mass is 16.3. The third-order valence-electron chi connectivity index (χ3n) is 2.16. The first-order chi connectivity index (χ1) is 7.29. The molecule has 0 aliphatic carbocycles. The van der Waals surface area contributed by atoms with E-state index in [1.165, 1.54) is 0 Å². The minimum absolute atomic E-state index is 0.257. The van der Waals surface area contributed by atoms with Gasteiger partial charge in [-0.15, -0.1) is 5.10 Å². The molecule has 15 heavy (non-hydrogen) atoms. The van der Waals surface area contributed by atoms with E-state index in [0.717, 1.165) is 24.2 Å². The summed E-state index contributed by atoms with van der Waals surface area (Å²) in [6.45, 7) is 2.11. The molecule has 0 spiro atoms. The van der Waals surface area contributed by atoms with Gasteiger partial charge in [0.2, 0.25) is 0 Å². The third kappa shape index (κ3) is 2.15. The molecule has 4 nitrogen and oxygen atoms in total. The second-order valence-electron chi connectivity index (χ2n) is 3.42. The lowest BCUT2D eigenvalue weighted by atomic mass is 10.3. The number of phenolic OH excluding ortho intramolecular Hbond substituents is 1. The molecule has 2 rings (SSSR count). The Morgan fingerprint density at radius 2 is 2.00 bits per heavy atom. The Labute approximate surface area is 88.2 Å². The van der Waals surface area contributed by atoms with Crippen molar-refractivity contribution < 1.29 is 5.11 Å². The average molecular weight is 203 g/mol. The molecule has 1 aromatic heterocycles. The normalized spacial score (nSPS) is 10.5. The maximum Gasteiger partial charge on any atom is 0.115 e. The largest absolute Gasteiger partial charge is 0.508 e. The second-order valence-corrected chi connectivity index (χ2v) is 3.42. The van der Waals surface area contributed by atoms with Gasteiger partial charge in [-0.3, -0.25) is 0 Å². The predicted molar refractivity (Wildman–Crippen MR) is 57.0 cm³/mol. The Balaban J connectivity index is 2.25. The van der Waals surface area contributed by atoms with Gasteiger partial charge >= 0.3 is 0 Å². The van der Waals surface area contributed by atoms with Crippen LogP contribution in [0.2, 0.25) is 0 Å². The molecule has 0 bridgehead atoms. The summed E-state index contributed by atoms with van der Waals surface area (Å²) in [6.07, 6.45) is 3.92. The maximum atomic E-state index is 9.15. The first-order valence-electron chi connectivity index (χ1n) is 5.00. The molecule has 0 aliphatic rings. The van der Waals surface area contributed by atoms with Crippen LogP contribution in [0.1, 0.15) is 19.0 Å². The van der Waals surface area contributed by atoms with E-state index in [1.54, 1.807) is 28.9 Å². The summed E-state index contributed by atoms with van der Waals surface area (Å²) in [4.78, 5) is 0. The van der Waals surface area contributed by atoms with Gasteiger partial charge in [-0.25, -0.2) is 4.68 Å². The number of hydrogen-bond donors (Lipinski definition) is 1. The Morgan fingerprint density at radius 1 is 1.27 bits per heavy atom. The van der Waals surface area contributed by atoms with Crippen LogP contribution in [0.4, 0.5) is 0 Å². The Hall–Kier alpha value is -1.84. The zero-order chi connectivity index (χ0) is 10.7. The standard InChI is InChI=1S/C11H13N3O/c1-2-3-9-8-14(13-12-9)10-4-6-11(15)7-5-10/h4-8,15H,2-3H2,1H3. The van der Waals surface area contributed by atoms with Crippen LogP contribution in [0.3, 0.4) is 0 Å². The van der Waals surface area contributed by atoms with Crippen LogP contribution in [0.15, 0.2) is 30.5 Å². The van der Waals surface area contributed by atoms with Crippen LogP contribution in [0.5, 0.6) is 5.75 Å². The highest BCUT2D eigenvalue weighted by Crippen LogP contribution is 2.13. The van der Waals surface area contributed by atoms with Crippen LogP contribution in [0.25, 0.3) is 5.69 Å². The third-order valence-corrected chi connectivity index (χ3v) is 2.16. The van der Waals surface area contributed by atoms with Crippen molar-refractivity contribution in [1.29, 1.82) is 0 Å². The lowest BCUT2D eigenvalue weighted by molar-refractivity contribution is 0.475. The molecule has 2 aromatic rings. The summed E-state index contributed by atoms with van der Waals surface area (Å²) < 4.78 is 1.71. The van der Waals surface area contributed by atoms with Gasteiger partial charge in [-0.05, 0) is 30.7 Å². The fourth-order valence-corrected chi connectivity index (χ4v) is 1.40. The van der Waals surface area contributed by atoms with E-state index < -0.39 is 0 Å². The molecule has 1 heterocycles. The van der Waals surface area contributed by atoms with E-state index in [9.17, 15) is 0 Å². The van der Waals surface area contributed by atoms with E-state index in [1.807, 2.05) is 6.20 Å². The van der Waals surface area contributed by atoms with E-state index in [-0.39, 0.29) is 5.75 Å². The number of nitrogens with zero attached hydrogens (tertiary/aromatic N) is 3. The van der Waals surface area contributed by atoms with Crippen LogP contribution in [-0.2, 0) is 6.42 Å². The number of aromatic nitrogens is 3. The Morgan fingerprint density at radius 3 is 2.67 bits per heavy atom. The van der Waals surface area contributed by atoms with Crippen molar-refractivity contribution in [3.05, 3.63) is 36.2 Å². The Kier molecular flexibility index (Phi) is 2.67. The van der Waals surface area contributed by atoms with Crippen LogP contribution in [0, 0.1) is 0 Å². The molecule has 0 unspecified atom stereocenters. The van der Waals surface area contributed by atoms with Gasteiger partial charge in [0.1, 0.15) is 5.75 Å². The first-order valence-corrected chi connectivity index (χ1v) is 5.00. The zero-order valence-corrected chi connectivity index (χ0v) is 8.59. The van der Waals surface area contributed by atoms with Crippen molar-refractivity contribution >= 4 is 0 Å². The summed E-state index contributed by atoms with van der Waals surface area (Å²) in [5, 5.41) is 17.2. The molecule has 78 valence electrons. The minimum Gasteiger partial charge on any atom is -0.508 e. The monoisotopic (exact) mass is 203 g/mol. The SMILES string of the molecule is CCCc1cn(-c2ccc(O)cc2)nn1. The highest BCUT2D eigenvalue weighted by Gasteiger charge is 2.01. The van der Waals surface area contributed by atoms with E-state index >= 15 is 0 Å². The maximum absolute atomic E-state index is 9.15. The summed E-state index contributed by atoms with van der Waals surface area (Å²) in [5.41, 5.74) is 1.90. The summed E-state index contributed by atoms with van der Waals surface area (Å²) >= 11 is 0. The molecule has 0 aliphatic heterocycles. The lowest BCUT2D eigenvalue weighted by Crippen LogP contribution is -1.93. The molecule has 1 aromatic carbocycles. The quantitative estimate of drug-likeness (QED) is 0.829. The minimum atomic E-state index is 0.257.